The van der Waals surface area contributed by atoms with E-state index in [4.69, 9.17) is 0 Å². The number of rotatable bonds is 7. The summed E-state index contributed by atoms with van der Waals surface area (Å²) in [5, 5.41) is 2.48. The van der Waals surface area contributed by atoms with Gasteiger partial charge in [-0.25, -0.2) is 0 Å². The highest BCUT2D eigenvalue weighted by Gasteiger charge is 2.22. The summed E-state index contributed by atoms with van der Waals surface area (Å²) in [4.78, 5) is 2.42. The molecule has 0 bridgehead atoms. The second kappa shape index (κ2) is 12.8. The van der Waals surface area contributed by atoms with Gasteiger partial charge in [0, 0.05) is 33.4 Å². The van der Waals surface area contributed by atoms with Gasteiger partial charge in [-0.3, -0.25) is 0 Å². The van der Waals surface area contributed by atoms with Gasteiger partial charge < -0.3 is 9.47 Å². The fourth-order valence-corrected chi connectivity index (χ4v) is 7.31. The van der Waals surface area contributed by atoms with E-state index in [1.807, 2.05) is 0 Å². The lowest BCUT2D eigenvalue weighted by Gasteiger charge is -2.29. The molecule has 0 unspecified atom stereocenters. The van der Waals surface area contributed by atoms with E-state index >= 15 is 0 Å². The van der Waals surface area contributed by atoms with Gasteiger partial charge in [0.05, 0.1) is 16.7 Å². The Balaban J connectivity index is 1.30. The minimum Gasteiger partial charge on any atom is -0.310 e. The molecule has 0 radical (unpaired) electrons. The number of aromatic nitrogens is 1. The van der Waals surface area contributed by atoms with Crippen LogP contribution in [0.1, 0.15) is 0 Å². The highest BCUT2D eigenvalue weighted by atomic mass is 15.1. The molecule has 0 aliphatic heterocycles. The molecule has 0 amide bonds. The zero-order chi connectivity index (χ0) is 33.3. The maximum absolute atomic E-state index is 2.42. The summed E-state index contributed by atoms with van der Waals surface area (Å²) in [5.41, 5.74) is 14.0. The molecule has 236 valence electrons. The summed E-state index contributed by atoms with van der Waals surface area (Å²) in [7, 11) is 0. The standard InChI is InChI=1S/C48H34N2/c1-5-16-35(17-6-1)36-28-30-38(31-29-36)48-42(37-18-7-2-8-19-37)25-15-27-46(48)49(39-20-9-3-10-21-39)41-32-33-44-43-24-13-14-26-45(43)50(47(44)34-41)40-22-11-4-12-23-40/h1-34H. The van der Waals surface area contributed by atoms with Crippen molar-refractivity contribution in [3.8, 4) is 39.1 Å². The summed E-state index contributed by atoms with van der Waals surface area (Å²) in [5.74, 6) is 0. The van der Waals surface area contributed by atoms with E-state index in [0.717, 1.165) is 22.7 Å². The molecule has 0 N–H and O–H groups in total. The lowest BCUT2D eigenvalue weighted by Crippen LogP contribution is -2.12. The van der Waals surface area contributed by atoms with Crippen LogP contribution in [0.15, 0.2) is 206 Å². The van der Waals surface area contributed by atoms with Gasteiger partial charge >= 0.3 is 0 Å². The first-order valence-electron chi connectivity index (χ1n) is 17.1. The third-order valence-electron chi connectivity index (χ3n) is 9.59. The van der Waals surface area contributed by atoms with Crippen LogP contribution in [0.25, 0.3) is 60.9 Å². The van der Waals surface area contributed by atoms with Crippen LogP contribution >= 0.6 is 0 Å². The Labute approximate surface area is 292 Å². The Hall–Kier alpha value is -6.64. The molecule has 0 spiro atoms. The lowest BCUT2D eigenvalue weighted by atomic mass is 9.91. The third kappa shape index (κ3) is 5.24. The lowest BCUT2D eigenvalue weighted by molar-refractivity contribution is 1.18. The third-order valence-corrected chi connectivity index (χ3v) is 9.59. The van der Waals surface area contributed by atoms with Crippen molar-refractivity contribution in [2.75, 3.05) is 4.90 Å². The van der Waals surface area contributed by atoms with Crippen LogP contribution in [-0.2, 0) is 0 Å². The molecule has 8 aromatic carbocycles. The monoisotopic (exact) mass is 638 g/mol. The van der Waals surface area contributed by atoms with E-state index in [0.29, 0.717) is 0 Å². The van der Waals surface area contributed by atoms with Crippen molar-refractivity contribution in [1.29, 1.82) is 0 Å². The number of hydrogen-bond acceptors (Lipinski definition) is 1. The molecule has 1 aromatic heterocycles. The normalized spacial score (nSPS) is 11.2. The Morgan fingerprint density at radius 2 is 0.900 bits per heavy atom. The SMILES string of the molecule is c1ccc(-c2ccc(-c3c(-c4ccccc4)cccc3N(c3ccccc3)c3ccc4c5ccccc5n(-c5ccccc5)c4c3)cc2)cc1. The maximum atomic E-state index is 2.42. The molecule has 9 aromatic rings. The quantitative estimate of drug-likeness (QED) is 0.169. The highest BCUT2D eigenvalue weighted by molar-refractivity contribution is 6.10. The molecule has 2 heteroatoms. The average Bonchev–Trinajstić information content (AvgIpc) is 3.53. The molecule has 0 saturated heterocycles. The largest absolute Gasteiger partial charge is 0.310 e. The molecule has 0 fully saturated rings. The van der Waals surface area contributed by atoms with Crippen LogP contribution in [0, 0.1) is 0 Å². The van der Waals surface area contributed by atoms with Crippen LogP contribution < -0.4 is 4.90 Å². The van der Waals surface area contributed by atoms with Crippen molar-refractivity contribution in [2.24, 2.45) is 0 Å². The number of benzene rings is 8. The topological polar surface area (TPSA) is 8.17 Å². The summed E-state index contributed by atoms with van der Waals surface area (Å²) in [6.45, 7) is 0. The Morgan fingerprint density at radius 3 is 1.62 bits per heavy atom. The van der Waals surface area contributed by atoms with Crippen LogP contribution in [0.5, 0.6) is 0 Å². The van der Waals surface area contributed by atoms with Gasteiger partial charge in [0.25, 0.3) is 0 Å². The van der Waals surface area contributed by atoms with E-state index in [1.54, 1.807) is 0 Å². The second-order valence-electron chi connectivity index (χ2n) is 12.6. The van der Waals surface area contributed by atoms with Crippen molar-refractivity contribution in [2.45, 2.75) is 0 Å². The first-order chi connectivity index (χ1) is 24.8. The molecular weight excluding hydrogens is 605 g/mol. The van der Waals surface area contributed by atoms with E-state index in [2.05, 4.69) is 216 Å². The minimum absolute atomic E-state index is 1.09. The summed E-state index contributed by atoms with van der Waals surface area (Å²) in [6, 6.07) is 74.1. The molecule has 2 nitrogen and oxygen atoms in total. The van der Waals surface area contributed by atoms with Gasteiger partial charge in [-0.15, -0.1) is 0 Å². The zero-order valence-electron chi connectivity index (χ0n) is 27.5. The highest BCUT2D eigenvalue weighted by Crippen LogP contribution is 2.46. The Bertz CT molecular complexity index is 2550. The molecule has 0 atom stereocenters. The predicted molar refractivity (Wildman–Crippen MR) is 212 cm³/mol. The van der Waals surface area contributed by atoms with Crippen molar-refractivity contribution in [1.82, 2.24) is 4.57 Å². The minimum atomic E-state index is 1.09. The van der Waals surface area contributed by atoms with Gasteiger partial charge in [0.1, 0.15) is 0 Å². The number of fused-ring (bicyclic) bond motifs is 3. The summed E-state index contributed by atoms with van der Waals surface area (Å²) < 4.78 is 2.39. The van der Waals surface area contributed by atoms with E-state index < -0.39 is 0 Å². The van der Waals surface area contributed by atoms with Gasteiger partial charge in [-0.1, -0.05) is 158 Å². The molecular formula is C48H34N2. The number of anilines is 3. The van der Waals surface area contributed by atoms with Crippen molar-refractivity contribution in [3.05, 3.63) is 206 Å². The molecule has 50 heavy (non-hydrogen) atoms. The van der Waals surface area contributed by atoms with Crippen molar-refractivity contribution in [3.63, 3.8) is 0 Å². The average molecular weight is 639 g/mol. The molecule has 0 aliphatic carbocycles. The number of para-hydroxylation sites is 3. The molecule has 1 heterocycles. The van der Waals surface area contributed by atoms with Gasteiger partial charge in [-0.05, 0) is 76.3 Å². The van der Waals surface area contributed by atoms with Gasteiger partial charge in [0.2, 0.25) is 0 Å². The first kappa shape index (κ1) is 29.5. The van der Waals surface area contributed by atoms with Gasteiger partial charge in [-0.2, -0.15) is 0 Å². The van der Waals surface area contributed by atoms with Gasteiger partial charge in [0.15, 0.2) is 0 Å². The molecule has 0 aliphatic rings. The zero-order valence-corrected chi connectivity index (χ0v) is 27.5. The summed E-state index contributed by atoms with van der Waals surface area (Å²) in [6.07, 6.45) is 0. The van der Waals surface area contributed by atoms with Crippen molar-refractivity contribution < 1.29 is 0 Å². The second-order valence-corrected chi connectivity index (χ2v) is 12.6. The molecule has 9 rings (SSSR count). The Morgan fingerprint density at radius 1 is 0.340 bits per heavy atom. The Kier molecular flexibility index (Phi) is 7.53. The fraction of sp³-hybridized carbons (Fsp3) is 0. The van der Waals surface area contributed by atoms with Crippen LogP contribution in [-0.4, -0.2) is 4.57 Å². The first-order valence-corrected chi connectivity index (χ1v) is 17.1. The summed E-state index contributed by atoms with van der Waals surface area (Å²) >= 11 is 0. The van der Waals surface area contributed by atoms with Crippen LogP contribution in [0.3, 0.4) is 0 Å². The van der Waals surface area contributed by atoms with E-state index in [1.165, 1.54) is 55.2 Å². The smallest absolute Gasteiger partial charge is 0.0561 e. The molecule has 0 saturated carbocycles. The fourth-order valence-electron chi connectivity index (χ4n) is 7.31. The van der Waals surface area contributed by atoms with Crippen molar-refractivity contribution >= 4 is 38.9 Å². The predicted octanol–water partition coefficient (Wildman–Crippen LogP) is 13.3. The van der Waals surface area contributed by atoms with Crippen LogP contribution in [0.4, 0.5) is 17.1 Å². The van der Waals surface area contributed by atoms with E-state index in [-0.39, 0.29) is 0 Å². The van der Waals surface area contributed by atoms with E-state index in [9.17, 15) is 0 Å². The van der Waals surface area contributed by atoms with Crippen LogP contribution in [0.2, 0.25) is 0 Å². The maximum Gasteiger partial charge on any atom is 0.0561 e. The number of hydrogen-bond donors (Lipinski definition) is 0. The number of nitrogens with zero attached hydrogens (tertiary/aromatic N) is 2.